The first kappa shape index (κ1) is 16.2. The smallest absolute Gasteiger partial charge is 0.257 e. The zero-order chi connectivity index (χ0) is 18.1. The number of amides is 1. The standard InChI is InChI=1S/C19H12ClFN4O/c20-14-4-1-12(2-5-14)18-24-23-17-10-3-13(11-25(17)18)19(26)22-16-8-6-15(21)7-9-16/h1-11H,(H,22,26). The minimum Gasteiger partial charge on any atom is -0.322 e. The van der Waals surface area contributed by atoms with Crippen molar-refractivity contribution < 1.29 is 9.18 Å². The van der Waals surface area contributed by atoms with E-state index in [0.29, 0.717) is 27.7 Å². The van der Waals surface area contributed by atoms with Crippen molar-refractivity contribution in [3.8, 4) is 11.4 Å². The van der Waals surface area contributed by atoms with Crippen molar-refractivity contribution in [2.24, 2.45) is 0 Å². The molecule has 128 valence electrons. The molecule has 2 heterocycles. The Kier molecular flexibility index (Phi) is 4.10. The van der Waals surface area contributed by atoms with Crippen LogP contribution >= 0.6 is 11.6 Å². The van der Waals surface area contributed by atoms with Crippen LogP contribution in [-0.4, -0.2) is 20.5 Å². The molecule has 1 N–H and O–H groups in total. The number of benzene rings is 2. The van der Waals surface area contributed by atoms with Gasteiger partial charge in [-0.2, -0.15) is 0 Å². The van der Waals surface area contributed by atoms with E-state index in [-0.39, 0.29) is 11.7 Å². The first-order valence-corrected chi connectivity index (χ1v) is 8.15. The average Bonchev–Trinajstić information content (AvgIpc) is 3.07. The fourth-order valence-electron chi connectivity index (χ4n) is 2.56. The molecule has 0 bridgehead atoms. The maximum absolute atomic E-state index is 13.0. The Bertz CT molecular complexity index is 1090. The van der Waals surface area contributed by atoms with Crippen molar-refractivity contribution in [2.75, 3.05) is 5.32 Å². The SMILES string of the molecule is O=C(Nc1ccc(F)cc1)c1ccc2nnc(-c3ccc(Cl)cc3)n2c1. The molecule has 7 heteroatoms. The first-order valence-electron chi connectivity index (χ1n) is 7.78. The van der Waals surface area contributed by atoms with Crippen LogP contribution in [0.5, 0.6) is 0 Å². The van der Waals surface area contributed by atoms with Crippen molar-refractivity contribution in [3.05, 3.63) is 83.3 Å². The van der Waals surface area contributed by atoms with Crippen molar-refractivity contribution >= 4 is 28.8 Å². The van der Waals surface area contributed by atoms with Gasteiger partial charge in [-0.3, -0.25) is 9.20 Å². The van der Waals surface area contributed by atoms with Crippen molar-refractivity contribution in [3.63, 3.8) is 0 Å². The molecule has 0 aliphatic carbocycles. The lowest BCUT2D eigenvalue weighted by Gasteiger charge is -2.06. The van der Waals surface area contributed by atoms with Gasteiger partial charge in [0.1, 0.15) is 5.82 Å². The van der Waals surface area contributed by atoms with E-state index >= 15 is 0 Å². The Labute approximate surface area is 153 Å². The number of pyridine rings is 1. The van der Waals surface area contributed by atoms with Crippen LogP contribution in [0.1, 0.15) is 10.4 Å². The molecule has 5 nitrogen and oxygen atoms in total. The number of hydrogen-bond acceptors (Lipinski definition) is 3. The molecule has 0 unspecified atom stereocenters. The maximum Gasteiger partial charge on any atom is 0.257 e. The Morgan fingerprint density at radius 2 is 1.69 bits per heavy atom. The van der Waals surface area contributed by atoms with Crippen LogP contribution in [0.2, 0.25) is 5.02 Å². The lowest BCUT2D eigenvalue weighted by Crippen LogP contribution is -2.12. The number of fused-ring (bicyclic) bond motifs is 1. The average molecular weight is 367 g/mol. The zero-order valence-electron chi connectivity index (χ0n) is 13.4. The summed E-state index contributed by atoms with van der Waals surface area (Å²) in [7, 11) is 0. The molecule has 0 radical (unpaired) electrons. The third-order valence-corrected chi connectivity index (χ3v) is 4.12. The summed E-state index contributed by atoms with van der Waals surface area (Å²) in [5, 5.41) is 11.7. The Morgan fingerprint density at radius 1 is 0.962 bits per heavy atom. The molecule has 0 aliphatic heterocycles. The number of nitrogens with zero attached hydrogens (tertiary/aromatic N) is 3. The van der Waals surface area contributed by atoms with E-state index in [4.69, 9.17) is 11.6 Å². The fourth-order valence-corrected chi connectivity index (χ4v) is 2.68. The van der Waals surface area contributed by atoms with Gasteiger partial charge in [-0.15, -0.1) is 10.2 Å². The highest BCUT2D eigenvalue weighted by atomic mass is 35.5. The van der Waals surface area contributed by atoms with Gasteiger partial charge in [0.2, 0.25) is 0 Å². The molecule has 2 aromatic heterocycles. The van der Waals surface area contributed by atoms with Crippen LogP contribution in [-0.2, 0) is 0 Å². The normalized spacial score (nSPS) is 10.8. The summed E-state index contributed by atoms with van der Waals surface area (Å²) >= 11 is 5.93. The van der Waals surface area contributed by atoms with Gasteiger partial charge >= 0.3 is 0 Å². The molecule has 0 saturated carbocycles. The molecule has 4 rings (SSSR count). The Morgan fingerprint density at radius 3 is 2.42 bits per heavy atom. The van der Waals surface area contributed by atoms with Crippen LogP contribution in [0, 0.1) is 5.82 Å². The lowest BCUT2D eigenvalue weighted by molar-refractivity contribution is 0.102. The lowest BCUT2D eigenvalue weighted by atomic mass is 10.2. The Balaban J connectivity index is 1.68. The van der Waals surface area contributed by atoms with Crippen LogP contribution in [0.4, 0.5) is 10.1 Å². The Hall–Kier alpha value is -3.25. The summed E-state index contributed by atoms with van der Waals surface area (Å²) in [6.45, 7) is 0. The molecule has 0 aliphatic rings. The van der Waals surface area contributed by atoms with E-state index in [1.165, 1.54) is 24.3 Å². The van der Waals surface area contributed by atoms with E-state index in [0.717, 1.165) is 5.56 Å². The van der Waals surface area contributed by atoms with E-state index < -0.39 is 0 Å². The number of hydrogen-bond donors (Lipinski definition) is 1. The van der Waals surface area contributed by atoms with E-state index in [1.807, 2.05) is 12.1 Å². The van der Waals surface area contributed by atoms with Crippen LogP contribution in [0.25, 0.3) is 17.0 Å². The molecular weight excluding hydrogens is 355 g/mol. The number of rotatable bonds is 3. The highest BCUT2D eigenvalue weighted by Crippen LogP contribution is 2.21. The minimum absolute atomic E-state index is 0.311. The van der Waals surface area contributed by atoms with Gasteiger partial charge < -0.3 is 5.32 Å². The molecule has 26 heavy (non-hydrogen) atoms. The molecular formula is C19H12ClFN4O. The molecule has 1 amide bonds. The van der Waals surface area contributed by atoms with Crippen molar-refractivity contribution in [2.45, 2.75) is 0 Å². The summed E-state index contributed by atoms with van der Waals surface area (Å²) in [6, 6.07) is 16.2. The summed E-state index contributed by atoms with van der Waals surface area (Å²) in [6.07, 6.45) is 1.66. The first-order chi connectivity index (χ1) is 12.6. The van der Waals surface area contributed by atoms with Gasteiger partial charge in [0, 0.05) is 22.5 Å². The molecule has 2 aromatic carbocycles. The summed E-state index contributed by atoms with van der Waals surface area (Å²) < 4.78 is 14.7. The summed E-state index contributed by atoms with van der Waals surface area (Å²) in [5.74, 6) is -0.0659. The number of carbonyl (C=O) groups excluding carboxylic acids is 1. The van der Waals surface area contributed by atoms with Gasteiger partial charge in [0.15, 0.2) is 11.5 Å². The second-order valence-electron chi connectivity index (χ2n) is 5.64. The third-order valence-electron chi connectivity index (χ3n) is 3.87. The second-order valence-corrected chi connectivity index (χ2v) is 6.07. The van der Waals surface area contributed by atoms with Gasteiger partial charge in [-0.1, -0.05) is 11.6 Å². The fraction of sp³-hybridized carbons (Fsp3) is 0. The van der Waals surface area contributed by atoms with Gasteiger partial charge in [0.25, 0.3) is 5.91 Å². The van der Waals surface area contributed by atoms with E-state index in [9.17, 15) is 9.18 Å². The number of nitrogens with one attached hydrogen (secondary N) is 1. The number of aromatic nitrogens is 3. The minimum atomic E-state index is -0.360. The third kappa shape index (κ3) is 3.14. The van der Waals surface area contributed by atoms with E-state index in [1.54, 1.807) is 34.9 Å². The van der Waals surface area contributed by atoms with Crippen molar-refractivity contribution in [1.82, 2.24) is 14.6 Å². The molecule has 0 fully saturated rings. The monoisotopic (exact) mass is 366 g/mol. The molecule has 0 spiro atoms. The maximum atomic E-state index is 13.0. The molecule has 0 saturated heterocycles. The predicted octanol–water partition coefficient (Wildman–Crippen LogP) is 4.44. The zero-order valence-corrected chi connectivity index (χ0v) is 14.1. The van der Waals surface area contributed by atoms with Gasteiger partial charge in [-0.25, -0.2) is 4.39 Å². The van der Waals surface area contributed by atoms with Gasteiger partial charge in [-0.05, 0) is 60.7 Å². The highest BCUT2D eigenvalue weighted by Gasteiger charge is 2.12. The predicted molar refractivity (Wildman–Crippen MR) is 97.8 cm³/mol. The highest BCUT2D eigenvalue weighted by molar-refractivity contribution is 6.30. The molecule has 0 atom stereocenters. The van der Waals surface area contributed by atoms with Crippen molar-refractivity contribution in [1.29, 1.82) is 0 Å². The van der Waals surface area contributed by atoms with Crippen LogP contribution in [0.15, 0.2) is 66.9 Å². The van der Waals surface area contributed by atoms with Gasteiger partial charge in [0.05, 0.1) is 5.56 Å². The number of anilines is 1. The summed E-state index contributed by atoms with van der Waals surface area (Å²) in [4.78, 5) is 12.5. The van der Waals surface area contributed by atoms with Crippen LogP contribution < -0.4 is 5.32 Å². The number of carbonyl (C=O) groups is 1. The quantitative estimate of drug-likeness (QED) is 0.583. The number of halogens is 2. The van der Waals surface area contributed by atoms with E-state index in [2.05, 4.69) is 15.5 Å². The molecule has 4 aromatic rings. The summed E-state index contributed by atoms with van der Waals surface area (Å²) in [5.41, 5.74) is 2.39. The topological polar surface area (TPSA) is 59.3 Å². The second kappa shape index (κ2) is 6.57. The largest absolute Gasteiger partial charge is 0.322 e. The van der Waals surface area contributed by atoms with Crippen LogP contribution in [0.3, 0.4) is 0 Å².